The zero-order chi connectivity index (χ0) is 12.5. The van der Waals surface area contributed by atoms with Gasteiger partial charge in [0, 0.05) is 0 Å². The molecular weight excluding hydrogens is 229 g/mol. The first-order valence-electron chi connectivity index (χ1n) is 6.75. The molecule has 1 nitrogen and oxygen atoms in total. The third-order valence-corrected chi connectivity index (χ3v) is 4.56. The molecule has 0 aliphatic heterocycles. The van der Waals surface area contributed by atoms with E-state index in [1.54, 1.807) is 0 Å². The summed E-state index contributed by atoms with van der Waals surface area (Å²) in [4.78, 5) is 0. The van der Waals surface area contributed by atoms with Crippen LogP contribution in [0.3, 0.4) is 0 Å². The molecule has 2 rings (SSSR count). The molecule has 2 aliphatic rings. The molecule has 4 heteroatoms. The summed E-state index contributed by atoms with van der Waals surface area (Å²) in [5, 5.41) is 10.2. The molecule has 0 bridgehead atoms. The standard InChI is InChI=1S/C13H21F3O/c14-13(15,16)11-8-4-3-7-10(11)12(17)9-5-1-2-6-9/h9-12,17H,1-8H2. The molecule has 2 saturated carbocycles. The van der Waals surface area contributed by atoms with E-state index in [1.165, 1.54) is 0 Å². The van der Waals surface area contributed by atoms with Crippen molar-refractivity contribution >= 4 is 0 Å². The van der Waals surface area contributed by atoms with Gasteiger partial charge >= 0.3 is 6.18 Å². The summed E-state index contributed by atoms with van der Waals surface area (Å²) < 4.78 is 38.8. The third kappa shape index (κ3) is 2.95. The number of rotatable bonds is 2. The smallest absolute Gasteiger partial charge is 0.392 e. The Kier molecular flexibility index (Phi) is 4.01. The number of aliphatic hydroxyl groups is 1. The fraction of sp³-hybridized carbons (Fsp3) is 1.00. The summed E-state index contributed by atoms with van der Waals surface area (Å²) in [6.45, 7) is 0. The molecule has 0 aromatic heterocycles. The van der Waals surface area contributed by atoms with Crippen LogP contribution in [0.25, 0.3) is 0 Å². The SMILES string of the molecule is OC(C1CCCC1)C1CCCCC1C(F)(F)F. The van der Waals surface area contributed by atoms with Gasteiger partial charge in [-0.3, -0.25) is 0 Å². The van der Waals surface area contributed by atoms with Crippen molar-refractivity contribution in [3.63, 3.8) is 0 Å². The average Bonchev–Trinajstić information content (AvgIpc) is 2.80. The molecule has 2 fully saturated rings. The first-order valence-corrected chi connectivity index (χ1v) is 6.75. The van der Waals surface area contributed by atoms with Gasteiger partial charge in [-0.15, -0.1) is 0 Å². The predicted molar refractivity (Wildman–Crippen MR) is 59.5 cm³/mol. The van der Waals surface area contributed by atoms with Crippen LogP contribution in [-0.2, 0) is 0 Å². The molecule has 0 amide bonds. The van der Waals surface area contributed by atoms with Crippen molar-refractivity contribution in [2.45, 2.75) is 63.6 Å². The molecule has 100 valence electrons. The Balaban J connectivity index is 2.04. The molecule has 0 aromatic rings. The van der Waals surface area contributed by atoms with Gasteiger partial charge in [-0.25, -0.2) is 0 Å². The second kappa shape index (κ2) is 5.17. The van der Waals surface area contributed by atoms with E-state index in [0.29, 0.717) is 12.8 Å². The number of halogens is 3. The van der Waals surface area contributed by atoms with Crippen molar-refractivity contribution in [2.24, 2.45) is 17.8 Å². The average molecular weight is 250 g/mol. The lowest BCUT2D eigenvalue weighted by molar-refractivity contribution is -0.209. The molecule has 3 atom stereocenters. The van der Waals surface area contributed by atoms with Gasteiger partial charge in [0.25, 0.3) is 0 Å². The van der Waals surface area contributed by atoms with E-state index >= 15 is 0 Å². The minimum Gasteiger partial charge on any atom is -0.393 e. The highest BCUT2D eigenvalue weighted by Crippen LogP contribution is 2.45. The summed E-state index contributed by atoms with van der Waals surface area (Å²) in [6, 6.07) is 0. The van der Waals surface area contributed by atoms with Gasteiger partial charge in [0.1, 0.15) is 0 Å². The number of hydrogen-bond acceptors (Lipinski definition) is 1. The van der Waals surface area contributed by atoms with E-state index in [0.717, 1.165) is 32.1 Å². The summed E-state index contributed by atoms with van der Waals surface area (Å²) in [6.07, 6.45) is 1.30. The Labute approximate surface area is 100 Å². The Bertz CT molecular complexity index is 246. The van der Waals surface area contributed by atoms with Crippen LogP contribution in [0.5, 0.6) is 0 Å². The Morgan fingerprint density at radius 3 is 2.00 bits per heavy atom. The highest BCUT2D eigenvalue weighted by molar-refractivity contribution is 4.89. The van der Waals surface area contributed by atoms with E-state index in [1.807, 2.05) is 0 Å². The third-order valence-electron chi connectivity index (χ3n) is 4.56. The zero-order valence-corrected chi connectivity index (χ0v) is 10.0. The minimum absolute atomic E-state index is 0.114. The maximum Gasteiger partial charge on any atom is 0.392 e. The van der Waals surface area contributed by atoms with Crippen LogP contribution >= 0.6 is 0 Å². The van der Waals surface area contributed by atoms with Gasteiger partial charge in [-0.1, -0.05) is 25.7 Å². The summed E-state index contributed by atoms with van der Waals surface area (Å²) in [7, 11) is 0. The summed E-state index contributed by atoms with van der Waals surface area (Å²) in [5.74, 6) is -1.71. The van der Waals surface area contributed by atoms with Crippen molar-refractivity contribution in [3.8, 4) is 0 Å². The van der Waals surface area contributed by atoms with Crippen molar-refractivity contribution in [1.82, 2.24) is 0 Å². The molecule has 0 heterocycles. The molecule has 17 heavy (non-hydrogen) atoms. The van der Waals surface area contributed by atoms with Crippen molar-refractivity contribution < 1.29 is 18.3 Å². The van der Waals surface area contributed by atoms with Crippen molar-refractivity contribution in [1.29, 1.82) is 0 Å². The number of aliphatic hydroxyl groups excluding tert-OH is 1. The molecule has 1 N–H and O–H groups in total. The van der Waals surface area contributed by atoms with Gasteiger partial charge in [-0.2, -0.15) is 13.2 Å². The van der Waals surface area contributed by atoms with Crippen molar-refractivity contribution in [2.75, 3.05) is 0 Å². The normalized spacial score (nSPS) is 33.9. The summed E-state index contributed by atoms with van der Waals surface area (Å²) in [5.41, 5.74) is 0. The first kappa shape index (κ1) is 13.2. The summed E-state index contributed by atoms with van der Waals surface area (Å²) >= 11 is 0. The van der Waals surface area contributed by atoms with Crippen LogP contribution in [0, 0.1) is 17.8 Å². The number of alkyl halides is 3. The molecule has 0 radical (unpaired) electrons. The molecule has 0 saturated heterocycles. The second-order valence-corrected chi connectivity index (χ2v) is 5.63. The maximum atomic E-state index is 12.9. The predicted octanol–water partition coefficient (Wildman–Crippen LogP) is 3.91. The monoisotopic (exact) mass is 250 g/mol. The first-order chi connectivity index (χ1) is 8.00. The molecular formula is C13H21F3O. The highest BCUT2D eigenvalue weighted by atomic mass is 19.4. The van der Waals surface area contributed by atoms with Gasteiger partial charge in [0.2, 0.25) is 0 Å². The lowest BCUT2D eigenvalue weighted by Crippen LogP contribution is -2.41. The maximum absolute atomic E-state index is 12.9. The van der Waals surface area contributed by atoms with E-state index in [9.17, 15) is 18.3 Å². The molecule has 0 aromatic carbocycles. The fourth-order valence-electron chi connectivity index (χ4n) is 3.62. The zero-order valence-electron chi connectivity index (χ0n) is 10.0. The topological polar surface area (TPSA) is 20.2 Å². The largest absolute Gasteiger partial charge is 0.393 e. The highest BCUT2D eigenvalue weighted by Gasteiger charge is 2.48. The van der Waals surface area contributed by atoms with Gasteiger partial charge in [-0.05, 0) is 37.5 Å². The lowest BCUT2D eigenvalue weighted by Gasteiger charge is -2.38. The Hall–Kier alpha value is -0.250. The van der Waals surface area contributed by atoms with Crippen LogP contribution in [0.15, 0.2) is 0 Å². The molecule has 2 aliphatic carbocycles. The van der Waals surface area contributed by atoms with Gasteiger partial charge < -0.3 is 5.11 Å². The fourth-order valence-corrected chi connectivity index (χ4v) is 3.62. The Morgan fingerprint density at radius 1 is 0.882 bits per heavy atom. The van der Waals surface area contributed by atoms with Crippen LogP contribution in [-0.4, -0.2) is 17.4 Å². The second-order valence-electron chi connectivity index (χ2n) is 5.63. The van der Waals surface area contributed by atoms with Gasteiger partial charge in [0.05, 0.1) is 12.0 Å². The van der Waals surface area contributed by atoms with E-state index < -0.39 is 24.1 Å². The van der Waals surface area contributed by atoms with Crippen LogP contribution in [0.4, 0.5) is 13.2 Å². The quantitative estimate of drug-likeness (QED) is 0.788. The van der Waals surface area contributed by atoms with Crippen molar-refractivity contribution in [3.05, 3.63) is 0 Å². The molecule has 3 unspecified atom stereocenters. The number of hydrogen-bond donors (Lipinski definition) is 1. The Morgan fingerprint density at radius 2 is 1.41 bits per heavy atom. The van der Waals surface area contributed by atoms with Crippen LogP contribution in [0.2, 0.25) is 0 Å². The van der Waals surface area contributed by atoms with Crippen LogP contribution < -0.4 is 0 Å². The van der Waals surface area contributed by atoms with Gasteiger partial charge in [0.15, 0.2) is 0 Å². The lowest BCUT2D eigenvalue weighted by atomic mass is 9.72. The van der Waals surface area contributed by atoms with E-state index in [2.05, 4.69) is 0 Å². The van der Waals surface area contributed by atoms with Crippen LogP contribution in [0.1, 0.15) is 51.4 Å². The minimum atomic E-state index is -4.13. The van der Waals surface area contributed by atoms with E-state index in [4.69, 9.17) is 0 Å². The molecule has 0 spiro atoms. The van der Waals surface area contributed by atoms with E-state index in [-0.39, 0.29) is 12.3 Å².